The highest BCUT2D eigenvalue weighted by Gasteiger charge is 2.08. The second-order valence-corrected chi connectivity index (χ2v) is 2.88. The van der Waals surface area contributed by atoms with E-state index in [9.17, 15) is 4.79 Å². The Kier molecular flexibility index (Phi) is 3.48. The van der Waals surface area contributed by atoms with Gasteiger partial charge in [0.2, 0.25) is 0 Å². The number of carboxylic acid groups (broad SMARTS) is 1. The van der Waals surface area contributed by atoms with Gasteiger partial charge in [0, 0.05) is 12.1 Å². The number of rotatable bonds is 3. The van der Waals surface area contributed by atoms with Crippen LogP contribution in [0.1, 0.15) is 16.1 Å². The second kappa shape index (κ2) is 4.62. The molecule has 1 rings (SSSR count). The summed E-state index contributed by atoms with van der Waals surface area (Å²) in [6, 6.07) is 1.54. The molecular formula is C9H9ClN2O2. The standard InChI is InChI=1S/C9H9ClN2O2/c10-3-1-2-6-4-7(11)8(9(13)14)12-5-6/h1-2,4-5H,3,11H2,(H,13,14). The molecule has 14 heavy (non-hydrogen) atoms. The van der Waals surface area contributed by atoms with Crippen molar-refractivity contribution in [2.75, 3.05) is 11.6 Å². The van der Waals surface area contributed by atoms with Gasteiger partial charge in [0.1, 0.15) is 0 Å². The van der Waals surface area contributed by atoms with E-state index in [0.717, 1.165) is 5.56 Å². The number of halogens is 1. The lowest BCUT2D eigenvalue weighted by Crippen LogP contribution is -2.05. The normalized spacial score (nSPS) is 10.6. The van der Waals surface area contributed by atoms with Crippen LogP contribution in [0.2, 0.25) is 0 Å². The van der Waals surface area contributed by atoms with Gasteiger partial charge >= 0.3 is 5.97 Å². The topological polar surface area (TPSA) is 76.2 Å². The minimum Gasteiger partial charge on any atom is -0.476 e. The lowest BCUT2D eigenvalue weighted by Gasteiger charge is -2.00. The first kappa shape index (κ1) is 10.5. The maximum absolute atomic E-state index is 10.6. The summed E-state index contributed by atoms with van der Waals surface area (Å²) >= 11 is 5.44. The number of anilines is 1. The summed E-state index contributed by atoms with van der Waals surface area (Å²) in [5.74, 6) is -0.740. The number of nitrogens with zero attached hydrogens (tertiary/aromatic N) is 1. The molecule has 0 aliphatic rings. The summed E-state index contributed by atoms with van der Waals surface area (Å²) in [6.45, 7) is 0. The molecule has 0 saturated heterocycles. The largest absolute Gasteiger partial charge is 0.476 e. The van der Waals surface area contributed by atoms with Crippen LogP contribution in [0, 0.1) is 0 Å². The Bertz CT molecular complexity index is 377. The summed E-state index contributed by atoms with van der Waals surface area (Å²) in [5, 5.41) is 8.65. The molecule has 0 saturated carbocycles. The van der Waals surface area contributed by atoms with Gasteiger partial charge in [0.05, 0.1) is 5.69 Å². The quantitative estimate of drug-likeness (QED) is 0.747. The van der Waals surface area contributed by atoms with Crippen molar-refractivity contribution < 1.29 is 9.90 Å². The lowest BCUT2D eigenvalue weighted by molar-refractivity contribution is 0.0692. The highest BCUT2D eigenvalue weighted by atomic mass is 35.5. The molecule has 74 valence electrons. The third kappa shape index (κ3) is 2.47. The number of carbonyl (C=O) groups is 1. The summed E-state index contributed by atoms with van der Waals surface area (Å²) in [6.07, 6.45) is 4.88. The molecule has 0 fully saturated rings. The van der Waals surface area contributed by atoms with Crippen LogP contribution in [-0.2, 0) is 0 Å². The van der Waals surface area contributed by atoms with E-state index in [-0.39, 0.29) is 11.4 Å². The summed E-state index contributed by atoms with van der Waals surface area (Å²) in [5.41, 5.74) is 6.23. The van der Waals surface area contributed by atoms with Crippen LogP contribution in [0.4, 0.5) is 5.69 Å². The molecule has 0 atom stereocenters. The first-order chi connectivity index (χ1) is 6.65. The van der Waals surface area contributed by atoms with Crippen molar-refractivity contribution in [2.24, 2.45) is 0 Å². The minimum atomic E-state index is -1.13. The Labute approximate surface area is 86.0 Å². The molecular weight excluding hydrogens is 204 g/mol. The van der Waals surface area contributed by atoms with E-state index >= 15 is 0 Å². The van der Waals surface area contributed by atoms with Crippen molar-refractivity contribution in [1.29, 1.82) is 0 Å². The monoisotopic (exact) mass is 212 g/mol. The molecule has 0 radical (unpaired) electrons. The summed E-state index contributed by atoms with van der Waals surface area (Å²) in [4.78, 5) is 14.3. The van der Waals surface area contributed by atoms with E-state index in [4.69, 9.17) is 22.4 Å². The zero-order valence-corrected chi connectivity index (χ0v) is 8.03. The number of pyridine rings is 1. The first-order valence-corrected chi connectivity index (χ1v) is 4.40. The van der Waals surface area contributed by atoms with Crippen molar-refractivity contribution in [2.45, 2.75) is 0 Å². The van der Waals surface area contributed by atoms with E-state index in [1.807, 2.05) is 0 Å². The number of aromatic nitrogens is 1. The van der Waals surface area contributed by atoms with Gasteiger partial charge < -0.3 is 10.8 Å². The Balaban J connectivity index is 3.00. The van der Waals surface area contributed by atoms with Gasteiger partial charge in [-0.2, -0.15) is 0 Å². The molecule has 0 aromatic carbocycles. The fraction of sp³-hybridized carbons (Fsp3) is 0.111. The van der Waals surface area contributed by atoms with Gasteiger partial charge in [-0.25, -0.2) is 9.78 Å². The van der Waals surface area contributed by atoms with E-state index in [1.54, 1.807) is 18.2 Å². The Hall–Kier alpha value is -1.55. The highest BCUT2D eigenvalue weighted by Crippen LogP contribution is 2.12. The van der Waals surface area contributed by atoms with Gasteiger partial charge in [-0.3, -0.25) is 0 Å². The number of nitrogen functional groups attached to an aromatic ring is 1. The molecule has 3 N–H and O–H groups in total. The molecule has 0 amide bonds. The van der Waals surface area contributed by atoms with E-state index in [2.05, 4.69) is 4.98 Å². The van der Waals surface area contributed by atoms with Crippen molar-refractivity contribution in [3.63, 3.8) is 0 Å². The van der Waals surface area contributed by atoms with E-state index < -0.39 is 5.97 Å². The fourth-order valence-electron chi connectivity index (χ4n) is 0.949. The Morgan fingerprint density at radius 2 is 2.43 bits per heavy atom. The molecule has 0 aliphatic carbocycles. The number of alkyl halides is 1. The molecule has 0 aliphatic heterocycles. The Morgan fingerprint density at radius 3 is 2.93 bits per heavy atom. The summed E-state index contributed by atoms with van der Waals surface area (Å²) < 4.78 is 0. The molecule has 0 unspecified atom stereocenters. The van der Waals surface area contributed by atoms with Crippen LogP contribution in [0.25, 0.3) is 6.08 Å². The molecule has 1 aromatic heterocycles. The SMILES string of the molecule is Nc1cc(C=CCCl)cnc1C(=O)O. The number of carboxylic acids is 1. The van der Waals surface area contributed by atoms with Crippen LogP contribution in [-0.4, -0.2) is 21.9 Å². The molecule has 0 bridgehead atoms. The van der Waals surface area contributed by atoms with Crippen LogP contribution >= 0.6 is 11.6 Å². The zero-order valence-electron chi connectivity index (χ0n) is 7.27. The molecule has 1 heterocycles. The van der Waals surface area contributed by atoms with Crippen molar-refractivity contribution in [3.05, 3.63) is 29.6 Å². The third-order valence-corrected chi connectivity index (χ3v) is 1.72. The van der Waals surface area contributed by atoms with Crippen LogP contribution in [0.5, 0.6) is 0 Å². The van der Waals surface area contributed by atoms with Crippen LogP contribution in [0.3, 0.4) is 0 Å². The van der Waals surface area contributed by atoms with Crippen molar-refractivity contribution >= 4 is 29.3 Å². The number of hydrogen-bond acceptors (Lipinski definition) is 3. The number of nitrogens with two attached hydrogens (primary N) is 1. The number of hydrogen-bond donors (Lipinski definition) is 2. The number of aromatic carboxylic acids is 1. The van der Waals surface area contributed by atoms with Gasteiger partial charge in [-0.05, 0) is 11.6 Å². The molecule has 0 spiro atoms. The van der Waals surface area contributed by atoms with E-state index in [1.165, 1.54) is 6.20 Å². The summed E-state index contributed by atoms with van der Waals surface area (Å²) in [7, 11) is 0. The molecule has 5 heteroatoms. The average molecular weight is 213 g/mol. The predicted molar refractivity (Wildman–Crippen MR) is 55.4 cm³/mol. The average Bonchev–Trinajstić information content (AvgIpc) is 2.14. The predicted octanol–water partition coefficient (Wildman–Crippen LogP) is 1.61. The minimum absolute atomic E-state index is 0.131. The first-order valence-electron chi connectivity index (χ1n) is 3.86. The van der Waals surface area contributed by atoms with E-state index in [0.29, 0.717) is 5.88 Å². The van der Waals surface area contributed by atoms with Gasteiger partial charge in [0.25, 0.3) is 0 Å². The lowest BCUT2D eigenvalue weighted by atomic mass is 10.2. The van der Waals surface area contributed by atoms with Crippen LogP contribution in [0.15, 0.2) is 18.3 Å². The maximum atomic E-state index is 10.6. The van der Waals surface area contributed by atoms with Crippen LogP contribution < -0.4 is 5.73 Å². The van der Waals surface area contributed by atoms with Crippen molar-refractivity contribution in [3.8, 4) is 0 Å². The number of allylic oxidation sites excluding steroid dienone is 1. The molecule has 1 aromatic rings. The zero-order chi connectivity index (χ0) is 10.6. The Morgan fingerprint density at radius 1 is 1.71 bits per heavy atom. The van der Waals surface area contributed by atoms with Gasteiger partial charge in [-0.1, -0.05) is 12.2 Å². The van der Waals surface area contributed by atoms with Gasteiger partial charge in [-0.15, -0.1) is 11.6 Å². The van der Waals surface area contributed by atoms with Crippen molar-refractivity contribution in [1.82, 2.24) is 4.98 Å². The van der Waals surface area contributed by atoms with Gasteiger partial charge in [0.15, 0.2) is 5.69 Å². The molecule has 4 nitrogen and oxygen atoms in total. The maximum Gasteiger partial charge on any atom is 0.356 e. The smallest absolute Gasteiger partial charge is 0.356 e. The fourth-order valence-corrected chi connectivity index (χ4v) is 1.04. The third-order valence-electron chi connectivity index (χ3n) is 1.54. The highest BCUT2D eigenvalue weighted by molar-refractivity contribution is 6.19. The second-order valence-electron chi connectivity index (χ2n) is 2.57.